The first-order valence-electron chi connectivity index (χ1n) is 3.31. The normalized spacial score (nSPS) is 7.78. The Morgan fingerprint density at radius 1 is 1.33 bits per heavy atom. The van der Waals surface area contributed by atoms with Gasteiger partial charge in [-0.1, -0.05) is 25.9 Å². The van der Waals surface area contributed by atoms with E-state index in [-0.39, 0.29) is 0 Å². The minimum atomic E-state index is -0.713. The van der Waals surface area contributed by atoms with E-state index in [1.54, 1.807) is 0 Å². The molecule has 0 rings (SSSR count). The molecule has 1 heteroatoms. The molecular formula is C8H12Si. The van der Waals surface area contributed by atoms with Crippen LogP contribution in [0.1, 0.15) is 13.8 Å². The Morgan fingerprint density at radius 2 is 1.89 bits per heavy atom. The predicted octanol–water partition coefficient (Wildman–Crippen LogP) is 1.43. The molecule has 0 aliphatic carbocycles. The highest BCUT2D eigenvalue weighted by Crippen LogP contribution is 1.94. The third-order valence-corrected chi connectivity index (χ3v) is 3.86. The molecule has 9 heavy (non-hydrogen) atoms. The lowest BCUT2D eigenvalue weighted by atomic mass is 10.7. The van der Waals surface area contributed by atoms with Crippen LogP contribution >= 0.6 is 0 Å². The molecule has 0 aliphatic rings. The van der Waals surface area contributed by atoms with Crippen LogP contribution in [0.15, 0.2) is 0 Å². The van der Waals surface area contributed by atoms with Crippen molar-refractivity contribution < 1.29 is 0 Å². The summed E-state index contributed by atoms with van der Waals surface area (Å²) in [6, 6.07) is 2.48. The minimum absolute atomic E-state index is 0.713. The minimum Gasteiger partial charge on any atom is -0.122 e. The summed E-state index contributed by atoms with van der Waals surface area (Å²) in [6.45, 7) is 4.37. The highest BCUT2D eigenvalue weighted by molar-refractivity contribution is 6.67. The summed E-state index contributed by atoms with van der Waals surface area (Å²) in [7, 11) is -0.713. The van der Waals surface area contributed by atoms with Gasteiger partial charge in [0.15, 0.2) is 0 Å². The van der Waals surface area contributed by atoms with Crippen molar-refractivity contribution >= 4 is 8.80 Å². The quantitative estimate of drug-likeness (QED) is 0.398. The van der Waals surface area contributed by atoms with E-state index in [1.807, 2.05) is 0 Å². The first kappa shape index (κ1) is 8.34. The molecule has 0 nitrogen and oxygen atoms in total. The van der Waals surface area contributed by atoms with Gasteiger partial charge in [-0.15, -0.1) is 12.0 Å². The molecule has 48 valence electrons. The summed E-state index contributed by atoms with van der Waals surface area (Å²) in [4.78, 5) is 0. The smallest absolute Gasteiger partial charge is 0.122 e. The van der Waals surface area contributed by atoms with E-state index < -0.39 is 8.80 Å². The van der Waals surface area contributed by atoms with Crippen LogP contribution in [0.4, 0.5) is 0 Å². The van der Waals surface area contributed by atoms with Crippen molar-refractivity contribution in [1.82, 2.24) is 0 Å². The van der Waals surface area contributed by atoms with Gasteiger partial charge in [0.2, 0.25) is 0 Å². The molecule has 0 aromatic carbocycles. The van der Waals surface area contributed by atoms with Crippen molar-refractivity contribution in [2.24, 2.45) is 0 Å². The van der Waals surface area contributed by atoms with Crippen LogP contribution in [0.2, 0.25) is 12.1 Å². The van der Waals surface area contributed by atoms with Crippen LogP contribution in [-0.2, 0) is 0 Å². The van der Waals surface area contributed by atoms with Gasteiger partial charge in [0.25, 0.3) is 0 Å². The molecule has 0 aliphatic heterocycles. The number of terminal acetylenes is 1. The Hall–Kier alpha value is -0.663. The van der Waals surface area contributed by atoms with E-state index >= 15 is 0 Å². The fraction of sp³-hybridized carbons (Fsp3) is 0.500. The zero-order chi connectivity index (χ0) is 7.11. The van der Waals surface area contributed by atoms with Gasteiger partial charge in [-0.25, -0.2) is 0 Å². The van der Waals surface area contributed by atoms with Gasteiger partial charge >= 0.3 is 0 Å². The van der Waals surface area contributed by atoms with Crippen LogP contribution in [-0.4, -0.2) is 8.80 Å². The number of hydrogen-bond acceptors (Lipinski definition) is 0. The molecule has 0 aromatic heterocycles. The number of hydrogen-bond donors (Lipinski definition) is 0. The molecule has 0 aromatic rings. The Morgan fingerprint density at radius 3 is 2.22 bits per heavy atom. The monoisotopic (exact) mass is 136 g/mol. The summed E-state index contributed by atoms with van der Waals surface area (Å²) in [5.74, 6) is 5.03. The molecule has 0 saturated heterocycles. The maximum atomic E-state index is 4.98. The Kier molecular flexibility index (Phi) is 5.07. The Bertz CT molecular complexity index is 150. The fourth-order valence-corrected chi connectivity index (χ4v) is 1.91. The van der Waals surface area contributed by atoms with Crippen LogP contribution in [0.5, 0.6) is 0 Å². The molecular weight excluding hydrogens is 124 g/mol. The SMILES string of the molecule is C#CC#C[SiH](CC)CC. The van der Waals surface area contributed by atoms with E-state index in [1.165, 1.54) is 12.1 Å². The average Bonchev–Trinajstić information content (AvgIpc) is 1.91. The van der Waals surface area contributed by atoms with Gasteiger partial charge in [-0.05, 0) is 11.8 Å². The molecule has 0 saturated carbocycles. The first-order valence-corrected chi connectivity index (χ1v) is 5.52. The summed E-state index contributed by atoms with van der Waals surface area (Å²) >= 11 is 0. The van der Waals surface area contributed by atoms with E-state index in [0.29, 0.717) is 0 Å². The Balaban J connectivity index is 3.71. The Labute approximate surface area is 59.3 Å². The molecule has 0 atom stereocenters. The fourth-order valence-electron chi connectivity index (χ4n) is 0.637. The molecule has 0 spiro atoms. The summed E-state index contributed by atoms with van der Waals surface area (Å²) in [6.07, 6.45) is 4.98. The van der Waals surface area contributed by atoms with E-state index in [0.717, 1.165) is 0 Å². The van der Waals surface area contributed by atoms with Gasteiger partial charge < -0.3 is 0 Å². The summed E-state index contributed by atoms with van der Waals surface area (Å²) < 4.78 is 0. The third-order valence-electron chi connectivity index (χ3n) is 1.33. The summed E-state index contributed by atoms with van der Waals surface area (Å²) in [5, 5.41) is 0. The molecule has 0 amide bonds. The van der Waals surface area contributed by atoms with E-state index in [2.05, 4.69) is 31.2 Å². The van der Waals surface area contributed by atoms with Crippen molar-refractivity contribution in [3.63, 3.8) is 0 Å². The van der Waals surface area contributed by atoms with Gasteiger partial charge in [-0.3, -0.25) is 0 Å². The second-order valence-corrected chi connectivity index (χ2v) is 5.24. The zero-order valence-corrected chi connectivity index (χ0v) is 7.22. The lowest BCUT2D eigenvalue weighted by Crippen LogP contribution is -2.04. The average molecular weight is 136 g/mol. The molecule has 0 bridgehead atoms. The highest BCUT2D eigenvalue weighted by Gasteiger charge is 1.97. The zero-order valence-electron chi connectivity index (χ0n) is 6.07. The van der Waals surface area contributed by atoms with Crippen LogP contribution < -0.4 is 0 Å². The maximum absolute atomic E-state index is 4.98. The van der Waals surface area contributed by atoms with Gasteiger partial charge in [0.05, 0.1) is 0 Å². The van der Waals surface area contributed by atoms with Crippen molar-refractivity contribution in [3.8, 4) is 23.8 Å². The molecule has 0 unspecified atom stereocenters. The van der Waals surface area contributed by atoms with Crippen LogP contribution in [0, 0.1) is 23.8 Å². The van der Waals surface area contributed by atoms with Crippen molar-refractivity contribution in [1.29, 1.82) is 0 Å². The van der Waals surface area contributed by atoms with Gasteiger partial charge in [-0.2, -0.15) is 0 Å². The van der Waals surface area contributed by atoms with Gasteiger partial charge in [0.1, 0.15) is 8.80 Å². The molecule has 0 radical (unpaired) electrons. The standard InChI is InChI=1S/C8H12Si/c1-4-7-8-9(5-2)6-3/h1,9H,5-6H2,2-3H3. The van der Waals surface area contributed by atoms with Crippen molar-refractivity contribution in [3.05, 3.63) is 0 Å². The predicted molar refractivity (Wildman–Crippen MR) is 44.7 cm³/mol. The highest BCUT2D eigenvalue weighted by atomic mass is 28.3. The van der Waals surface area contributed by atoms with Crippen LogP contribution in [0.3, 0.4) is 0 Å². The largest absolute Gasteiger partial charge is 0.123 e. The van der Waals surface area contributed by atoms with Crippen molar-refractivity contribution in [2.45, 2.75) is 25.9 Å². The molecule has 0 N–H and O–H groups in total. The molecule has 0 fully saturated rings. The van der Waals surface area contributed by atoms with Gasteiger partial charge in [0, 0.05) is 0 Å². The number of rotatable bonds is 2. The molecule has 0 heterocycles. The second-order valence-electron chi connectivity index (χ2n) is 1.93. The summed E-state index contributed by atoms with van der Waals surface area (Å²) in [5.41, 5.74) is 3.12. The lowest BCUT2D eigenvalue weighted by molar-refractivity contribution is 1.34. The first-order chi connectivity index (χ1) is 4.35. The topological polar surface area (TPSA) is 0 Å². The van der Waals surface area contributed by atoms with E-state index in [4.69, 9.17) is 6.42 Å². The second kappa shape index (κ2) is 5.47. The van der Waals surface area contributed by atoms with E-state index in [9.17, 15) is 0 Å². The lowest BCUT2D eigenvalue weighted by Gasteiger charge is -1.96. The van der Waals surface area contributed by atoms with Crippen LogP contribution in [0.25, 0.3) is 0 Å². The third kappa shape index (κ3) is 3.88. The maximum Gasteiger partial charge on any atom is 0.123 e. The van der Waals surface area contributed by atoms with Crippen molar-refractivity contribution in [2.75, 3.05) is 0 Å².